The van der Waals surface area contributed by atoms with Crippen molar-refractivity contribution < 1.29 is 4.79 Å². The van der Waals surface area contributed by atoms with Gasteiger partial charge in [-0.25, -0.2) is 0 Å². The summed E-state index contributed by atoms with van der Waals surface area (Å²) in [6, 6.07) is 6.38. The fraction of sp³-hybridized carbons (Fsp3) is 0.562. The Morgan fingerprint density at radius 1 is 1.25 bits per heavy atom. The summed E-state index contributed by atoms with van der Waals surface area (Å²) >= 11 is 0. The highest BCUT2D eigenvalue weighted by Gasteiger charge is 2.12. The van der Waals surface area contributed by atoms with Gasteiger partial charge >= 0.3 is 0 Å². The average molecular weight is 277 g/mol. The molecule has 4 nitrogen and oxygen atoms in total. The van der Waals surface area contributed by atoms with E-state index in [4.69, 9.17) is 0 Å². The number of rotatable bonds is 7. The topological polar surface area (TPSA) is 35.6 Å². The lowest BCUT2D eigenvalue weighted by atomic mass is 10.1. The van der Waals surface area contributed by atoms with Gasteiger partial charge in [0.05, 0.1) is 6.54 Å². The van der Waals surface area contributed by atoms with Gasteiger partial charge in [-0.2, -0.15) is 0 Å². The molecular weight excluding hydrogens is 250 g/mol. The van der Waals surface area contributed by atoms with E-state index in [1.165, 1.54) is 11.1 Å². The Hall–Kier alpha value is -1.55. The molecule has 0 aliphatic carbocycles. The molecule has 0 atom stereocenters. The number of nitrogens with one attached hydrogen (secondary N) is 1. The average Bonchev–Trinajstić information content (AvgIpc) is 2.38. The van der Waals surface area contributed by atoms with Gasteiger partial charge in [0, 0.05) is 33.4 Å². The van der Waals surface area contributed by atoms with Crippen LogP contribution < -0.4 is 10.2 Å². The normalized spacial score (nSPS) is 10.4. The third-order valence-electron chi connectivity index (χ3n) is 3.26. The number of carbonyl (C=O) groups excluding carboxylic acids is 1. The summed E-state index contributed by atoms with van der Waals surface area (Å²) in [6.45, 7) is 6.50. The van der Waals surface area contributed by atoms with Gasteiger partial charge in [0.2, 0.25) is 5.91 Å². The van der Waals surface area contributed by atoms with Crippen LogP contribution in [0.1, 0.15) is 24.5 Å². The number of nitrogens with zero attached hydrogens (tertiary/aromatic N) is 2. The molecule has 1 aromatic rings. The van der Waals surface area contributed by atoms with Crippen LogP contribution >= 0.6 is 0 Å². The lowest BCUT2D eigenvalue weighted by Gasteiger charge is -2.24. The van der Waals surface area contributed by atoms with Crippen LogP contribution in [0.25, 0.3) is 0 Å². The SMILES string of the molecule is CCCNCc1cc(C)ccc1N(C)CC(=O)N(C)C. The molecule has 0 heterocycles. The zero-order valence-corrected chi connectivity index (χ0v) is 13.4. The highest BCUT2D eigenvalue weighted by molar-refractivity contribution is 5.81. The maximum atomic E-state index is 11.8. The summed E-state index contributed by atoms with van der Waals surface area (Å²) in [5, 5.41) is 3.43. The molecule has 0 aromatic heterocycles. The van der Waals surface area contributed by atoms with E-state index in [0.717, 1.165) is 25.2 Å². The molecule has 1 N–H and O–H groups in total. The zero-order chi connectivity index (χ0) is 15.1. The fourth-order valence-electron chi connectivity index (χ4n) is 2.06. The number of carbonyl (C=O) groups is 1. The fourth-order valence-corrected chi connectivity index (χ4v) is 2.06. The summed E-state index contributed by atoms with van der Waals surface area (Å²) < 4.78 is 0. The first kappa shape index (κ1) is 16.5. The van der Waals surface area contributed by atoms with Gasteiger partial charge in [0.15, 0.2) is 0 Å². The molecule has 0 aliphatic rings. The standard InChI is InChI=1S/C16H27N3O/c1-6-9-17-11-14-10-13(2)7-8-15(14)19(5)12-16(20)18(3)4/h7-8,10,17H,6,9,11-12H2,1-5H3. The van der Waals surface area contributed by atoms with Crippen LogP contribution in [0.5, 0.6) is 0 Å². The Bertz CT molecular complexity index is 443. The van der Waals surface area contributed by atoms with Crippen LogP contribution in [0.3, 0.4) is 0 Å². The van der Waals surface area contributed by atoms with Crippen molar-refractivity contribution in [1.82, 2.24) is 10.2 Å². The van der Waals surface area contributed by atoms with Crippen molar-refractivity contribution in [2.24, 2.45) is 0 Å². The maximum absolute atomic E-state index is 11.8. The molecular formula is C16H27N3O. The molecule has 0 aliphatic heterocycles. The van der Waals surface area contributed by atoms with Crippen LogP contribution in [0.2, 0.25) is 0 Å². The summed E-state index contributed by atoms with van der Waals surface area (Å²) in [7, 11) is 5.54. The first-order chi connectivity index (χ1) is 9.45. The van der Waals surface area contributed by atoms with E-state index in [2.05, 4.69) is 37.4 Å². The minimum atomic E-state index is 0.112. The zero-order valence-electron chi connectivity index (χ0n) is 13.4. The van der Waals surface area contributed by atoms with E-state index < -0.39 is 0 Å². The number of likely N-dealkylation sites (N-methyl/N-ethyl adjacent to an activating group) is 2. The van der Waals surface area contributed by atoms with Crippen molar-refractivity contribution in [2.75, 3.05) is 39.1 Å². The largest absolute Gasteiger partial charge is 0.365 e. The second-order valence-electron chi connectivity index (χ2n) is 5.45. The van der Waals surface area contributed by atoms with Crippen LogP contribution in [-0.2, 0) is 11.3 Å². The van der Waals surface area contributed by atoms with Gasteiger partial charge in [-0.15, -0.1) is 0 Å². The Balaban J connectivity index is 2.83. The van der Waals surface area contributed by atoms with Gasteiger partial charge < -0.3 is 15.1 Å². The van der Waals surface area contributed by atoms with Crippen molar-refractivity contribution in [3.8, 4) is 0 Å². The van der Waals surface area contributed by atoms with E-state index in [0.29, 0.717) is 6.54 Å². The predicted molar refractivity (Wildman–Crippen MR) is 85.1 cm³/mol. The molecule has 0 fully saturated rings. The van der Waals surface area contributed by atoms with Crippen molar-refractivity contribution in [2.45, 2.75) is 26.8 Å². The highest BCUT2D eigenvalue weighted by Crippen LogP contribution is 2.21. The summed E-state index contributed by atoms with van der Waals surface area (Å²) in [4.78, 5) is 15.5. The third-order valence-corrected chi connectivity index (χ3v) is 3.26. The molecule has 0 saturated carbocycles. The number of anilines is 1. The number of aryl methyl sites for hydroxylation is 1. The molecule has 0 saturated heterocycles. The highest BCUT2D eigenvalue weighted by atomic mass is 16.2. The number of amides is 1. The van der Waals surface area contributed by atoms with Gasteiger partial charge in [-0.05, 0) is 31.5 Å². The molecule has 1 amide bonds. The third kappa shape index (κ3) is 4.85. The molecule has 20 heavy (non-hydrogen) atoms. The minimum absolute atomic E-state index is 0.112. The second kappa shape index (κ2) is 7.90. The maximum Gasteiger partial charge on any atom is 0.241 e. The lowest BCUT2D eigenvalue weighted by molar-refractivity contribution is -0.127. The Labute approximate surface area is 122 Å². The summed E-state index contributed by atoms with van der Waals surface area (Å²) in [5.74, 6) is 0.112. The van der Waals surface area contributed by atoms with Gasteiger partial charge in [-0.1, -0.05) is 24.6 Å². The first-order valence-electron chi connectivity index (χ1n) is 7.17. The predicted octanol–water partition coefficient (Wildman–Crippen LogP) is 2.02. The Morgan fingerprint density at radius 3 is 2.55 bits per heavy atom. The van der Waals surface area contributed by atoms with E-state index in [9.17, 15) is 4.79 Å². The van der Waals surface area contributed by atoms with Gasteiger partial charge in [0.1, 0.15) is 0 Å². The van der Waals surface area contributed by atoms with Crippen LogP contribution in [0.4, 0.5) is 5.69 Å². The van der Waals surface area contributed by atoms with Gasteiger partial charge in [-0.3, -0.25) is 4.79 Å². The number of hydrogen-bond acceptors (Lipinski definition) is 3. The van der Waals surface area contributed by atoms with E-state index in [-0.39, 0.29) is 5.91 Å². The Kier molecular flexibility index (Phi) is 6.52. The molecule has 0 bridgehead atoms. The Morgan fingerprint density at radius 2 is 1.95 bits per heavy atom. The van der Waals surface area contributed by atoms with Crippen LogP contribution in [0.15, 0.2) is 18.2 Å². The minimum Gasteiger partial charge on any atom is -0.365 e. The summed E-state index contributed by atoms with van der Waals surface area (Å²) in [5.41, 5.74) is 3.61. The molecule has 0 spiro atoms. The number of benzene rings is 1. The quantitative estimate of drug-likeness (QED) is 0.775. The second-order valence-corrected chi connectivity index (χ2v) is 5.45. The van der Waals surface area contributed by atoms with Crippen LogP contribution in [0, 0.1) is 6.92 Å². The molecule has 1 aromatic carbocycles. The van der Waals surface area contributed by atoms with E-state index in [1.54, 1.807) is 19.0 Å². The summed E-state index contributed by atoms with van der Waals surface area (Å²) in [6.07, 6.45) is 1.12. The van der Waals surface area contributed by atoms with Crippen molar-refractivity contribution >= 4 is 11.6 Å². The van der Waals surface area contributed by atoms with Crippen LogP contribution in [-0.4, -0.2) is 45.0 Å². The van der Waals surface area contributed by atoms with Crippen molar-refractivity contribution in [1.29, 1.82) is 0 Å². The van der Waals surface area contributed by atoms with Crippen molar-refractivity contribution in [3.63, 3.8) is 0 Å². The molecule has 0 radical (unpaired) electrons. The molecule has 0 unspecified atom stereocenters. The number of hydrogen-bond donors (Lipinski definition) is 1. The lowest BCUT2D eigenvalue weighted by Crippen LogP contribution is -2.35. The van der Waals surface area contributed by atoms with E-state index in [1.807, 2.05) is 11.9 Å². The van der Waals surface area contributed by atoms with Crippen molar-refractivity contribution in [3.05, 3.63) is 29.3 Å². The smallest absolute Gasteiger partial charge is 0.241 e. The first-order valence-corrected chi connectivity index (χ1v) is 7.17. The van der Waals surface area contributed by atoms with E-state index >= 15 is 0 Å². The monoisotopic (exact) mass is 277 g/mol. The molecule has 1 rings (SSSR count). The molecule has 4 heteroatoms. The molecule has 112 valence electrons. The van der Waals surface area contributed by atoms with Gasteiger partial charge in [0.25, 0.3) is 0 Å².